The molecule has 0 saturated carbocycles. The monoisotopic (exact) mass is 268 g/mol. The molecule has 1 heterocycles. The van der Waals surface area contributed by atoms with Crippen LogP contribution >= 0.6 is 11.8 Å². The third-order valence-corrected chi connectivity index (χ3v) is 2.89. The first-order valence-corrected chi connectivity index (χ1v) is 6.96. The molecule has 0 atom stereocenters. The summed E-state index contributed by atoms with van der Waals surface area (Å²) < 4.78 is 0. The maximum absolute atomic E-state index is 11.6. The van der Waals surface area contributed by atoms with Crippen molar-refractivity contribution in [1.82, 2.24) is 15.3 Å². The Bertz CT molecular complexity index is 397. The second-order valence-corrected chi connectivity index (χ2v) is 5.51. The number of carbonyl (C=O) groups excluding carboxylic acids is 1. The number of rotatable bonds is 6. The Balaban J connectivity index is 2.63. The van der Waals surface area contributed by atoms with E-state index in [0.717, 1.165) is 10.8 Å². The van der Waals surface area contributed by atoms with E-state index < -0.39 is 0 Å². The van der Waals surface area contributed by atoms with Crippen molar-refractivity contribution >= 4 is 23.5 Å². The first-order valence-electron chi connectivity index (χ1n) is 5.98. The van der Waals surface area contributed by atoms with E-state index in [1.807, 2.05) is 20.9 Å². The van der Waals surface area contributed by atoms with Crippen LogP contribution < -0.4 is 10.2 Å². The van der Waals surface area contributed by atoms with Gasteiger partial charge < -0.3 is 10.2 Å². The van der Waals surface area contributed by atoms with Crippen molar-refractivity contribution in [3.8, 4) is 0 Å². The lowest BCUT2D eigenvalue weighted by Crippen LogP contribution is -2.38. The van der Waals surface area contributed by atoms with Gasteiger partial charge in [0.2, 0.25) is 5.91 Å². The zero-order chi connectivity index (χ0) is 13.5. The molecule has 1 aromatic heterocycles. The zero-order valence-corrected chi connectivity index (χ0v) is 12.1. The van der Waals surface area contributed by atoms with E-state index in [-0.39, 0.29) is 18.5 Å². The summed E-state index contributed by atoms with van der Waals surface area (Å²) in [5.41, 5.74) is 0. The predicted octanol–water partition coefficient (Wildman–Crippen LogP) is 1.55. The highest BCUT2D eigenvalue weighted by molar-refractivity contribution is 7.99. The molecule has 1 amide bonds. The van der Waals surface area contributed by atoms with Crippen molar-refractivity contribution in [3.05, 3.63) is 12.4 Å². The van der Waals surface area contributed by atoms with Crippen LogP contribution in [0.25, 0.3) is 0 Å². The minimum Gasteiger partial charge on any atom is -0.352 e. The van der Waals surface area contributed by atoms with Crippen LogP contribution in [0.3, 0.4) is 0 Å². The van der Waals surface area contributed by atoms with Gasteiger partial charge in [-0.05, 0) is 19.6 Å². The van der Waals surface area contributed by atoms with Crippen molar-refractivity contribution in [2.45, 2.75) is 31.8 Å². The third kappa shape index (κ3) is 4.91. The molecule has 0 fully saturated rings. The highest BCUT2D eigenvalue weighted by Crippen LogP contribution is 2.16. The standard InChI is InChI=1S/C12H20N4OS/c1-5-18-12-7-13-6-10(15-12)16(4)8-11(17)14-9(2)3/h6-7,9H,5,8H2,1-4H3,(H,14,17). The first kappa shape index (κ1) is 14.8. The maximum atomic E-state index is 11.6. The number of hydrogen-bond acceptors (Lipinski definition) is 5. The van der Waals surface area contributed by atoms with Gasteiger partial charge in [-0.1, -0.05) is 6.92 Å². The van der Waals surface area contributed by atoms with Gasteiger partial charge in [-0.2, -0.15) is 0 Å². The molecule has 0 aliphatic carbocycles. The molecule has 0 radical (unpaired) electrons. The highest BCUT2D eigenvalue weighted by Gasteiger charge is 2.10. The lowest BCUT2D eigenvalue weighted by molar-refractivity contribution is -0.120. The fourth-order valence-corrected chi connectivity index (χ4v) is 1.99. The lowest BCUT2D eigenvalue weighted by Gasteiger charge is -2.18. The molecule has 0 spiro atoms. The number of likely N-dealkylation sites (N-methyl/N-ethyl adjacent to an activating group) is 1. The summed E-state index contributed by atoms with van der Waals surface area (Å²) in [7, 11) is 1.84. The van der Waals surface area contributed by atoms with Crippen LogP contribution in [0.5, 0.6) is 0 Å². The average molecular weight is 268 g/mol. The smallest absolute Gasteiger partial charge is 0.239 e. The van der Waals surface area contributed by atoms with Gasteiger partial charge in [-0.3, -0.25) is 9.78 Å². The molecule has 0 saturated heterocycles. The van der Waals surface area contributed by atoms with Gasteiger partial charge in [0, 0.05) is 13.1 Å². The second-order valence-electron chi connectivity index (χ2n) is 4.23. The summed E-state index contributed by atoms with van der Waals surface area (Å²) in [6, 6.07) is 0.152. The Morgan fingerprint density at radius 1 is 1.50 bits per heavy atom. The normalized spacial score (nSPS) is 10.5. The van der Waals surface area contributed by atoms with Crippen LogP contribution in [0.15, 0.2) is 17.4 Å². The molecule has 0 aliphatic rings. The molecule has 6 heteroatoms. The fourth-order valence-electron chi connectivity index (χ4n) is 1.40. The third-order valence-electron chi connectivity index (χ3n) is 2.11. The Kier molecular flexibility index (Phi) is 5.91. The van der Waals surface area contributed by atoms with E-state index in [1.165, 1.54) is 0 Å². The van der Waals surface area contributed by atoms with Crippen molar-refractivity contribution in [2.75, 3.05) is 24.2 Å². The van der Waals surface area contributed by atoms with Crippen LogP contribution in [0.2, 0.25) is 0 Å². The number of carbonyl (C=O) groups is 1. The van der Waals surface area contributed by atoms with Crippen LogP contribution in [-0.2, 0) is 4.79 Å². The summed E-state index contributed by atoms with van der Waals surface area (Å²) in [5, 5.41) is 3.73. The van der Waals surface area contributed by atoms with E-state index in [0.29, 0.717) is 5.82 Å². The molecule has 5 nitrogen and oxygen atoms in total. The molecule has 0 unspecified atom stereocenters. The van der Waals surface area contributed by atoms with E-state index in [4.69, 9.17) is 0 Å². The van der Waals surface area contributed by atoms with E-state index in [2.05, 4.69) is 22.2 Å². The van der Waals surface area contributed by atoms with Crippen LogP contribution in [0, 0.1) is 0 Å². The minimum atomic E-state index is -0.0113. The average Bonchev–Trinajstić information content (AvgIpc) is 2.28. The highest BCUT2D eigenvalue weighted by atomic mass is 32.2. The van der Waals surface area contributed by atoms with Gasteiger partial charge in [-0.15, -0.1) is 11.8 Å². The topological polar surface area (TPSA) is 58.1 Å². The number of aromatic nitrogens is 2. The summed E-state index contributed by atoms with van der Waals surface area (Å²) >= 11 is 1.64. The fraction of sp³-hybridized carbons (Fsp3) is 0.583. The molecule has 1 N–H and O–H groups in total. The van der Waals surface area contributed by atoms with Crippen molar-refractivity contribution in [1.29, 1.82) is 0 Å². The Hall–Kier alpha value is -1.30. The molecule has 1 rings (SSSR count). The van der Waals surface area contributed by atoms with Crippen LogP contribution in [0.1, 0.15) is 20.8 Å². The SMILES string of the molecule is CCSc1cncc(N(C)CC(=O)NC(C)C)n1. The number of hydrogen-bond donors (Lipinski definition) is 1. The molecular formula is C12H20N4OS. The largest absolute Gasteiger partial charge is 0.352 e. The van der Waals surface area contributed by atoms with Gasteiger partial charge in [0.05, 0.1) is 18.9 Å². The number of amides is 1. The van der Waals surface area contributed by atoms with E-state index in [9.17, 15) is 4.79 Å². The molecule has 0 aliphatic heterocycles. The number of anilines is 1. The van der Waals surface area contributed by atoms with Gasteiger partial charge in [-0.25, -0.2) is 4.98 Å². The van der Waals surface area contributed by atoms with Gasteiger partial charge in [0.15, 0.2) is 0 Å². The number of nitrogens with zero attached hydrogens (tertiary/aromatic N) is 3. The quantitative estimate of drug-likeness (QED) is 0.793. The van der Waals surface area contributed by atoms with Gasteiger partial charge in [0.25, 0.3) is 0 Å². The molecule has 0 aromatic carbocycles. The summed E-state index contributed by atoms with van der Waals surface area (Å²) in [5.74, 6) is 1.66. The van der Waals surface area contributed by atoms with Crippen LogP contribution in [-0.4, -0.2) is 41.3 Å². The second kappa shape index (κ2) is 7.20. The molecular weight excluding hydrogens is 248 g/mol. The minimum absolute atomic E-state index is 0.0113. The Labute approximate surface area is 112 Å². The van der Waals surface area contributed by atoms with Crippen molar-refractivity contribution in [2.24, 2.45) is 0 Å². The molecule has 1 aromatic rings. The molecule has 0 bridgehead atoms. The van der Waals surface area contributed by atoms with Crippen molar-refractivity contribution < 1.29 is 4.79 Å². The Morgan fingerprint density at radius 3 is 2.83 bits per heavy atom. The summed E-state index contributed by atoms with van der Waals surface area (Å²) in [6.45, 7) is 6.23. The van der Waals surface area contributed by atoms with Gasteiger partial charge in [0.1, 0.15) is 10.8 Å². The van der Waals surface area contributed by atoms with E-state index >= 15 is 0 Å². The number of thioether (sulfide) groups is 1. The molecule has 100 valence electrons. The zero-order valence-electron chi connectivity index (χ0n) is 11.3. The van der Waals surface area contributed by atoms with Gasteiger partial charge >= 0.3 is 0 Å². The Morgan fingerprint density at radius 2 is 2.22 bits per heavy atom. The van der Waals surface area contributed by atoms with Crippen LogP contribution in [0.4, 0.5) is 5.82 Å². The first-order chi connectivity index (χ1) is 8.52. The lowest BCUT2D eigenvalue weighted by atomic mass is 10.4. The maximum Gasteiger partial charge on any atom is 0.239 e. The predicted molar refractivity (Wildman–Crippen MR) is 75.0 cm³/mol. The van der Waals surface area contributed by atoms with E-state index in [1.54, 1.807) is 29.1 Å². The molecule has 18 heavy (non-hydrogen) atoms. The van der Waals surface area contributed by atoms with Crippen molar-refractivity contribution in [3.63, 3.8) is 0 Å². The number of nitrogens with one attached hydrogen (secondary N) is 1. The summed E-state index contributed by atoms with van der Waals surface area (Å²) in [4.78, 5) is 22.0. The summed E-state index contributed by atoms with van der Waals surface area (Å²) in [6.07, 6.45) is 3.40.